The summed E-state index contributed by atoms with van der Waals surface area (Å²) < 4.78 is 10.5. The maximum Gasteiger partial charge on any atom is 0.350 e. The van der Waals surface area contributed by atoms with E-state index in [-0.39, 0.29) is 49.7 Å². The van der Waals surface area contributed by atoms with Gasteiger partial charge in [0.25, 0.3) is 11.8 Å². The molecule has 0 bridgehead atoms. The van der Waals surface area contributed by atoms with Gasteiger partial charge in [-0.25, -0.2) is 4.79 Å². The summed E-state index contributed by atoms with van der Waals surface area (Å²) in [6.45, 7) is 4.47. The molecule has 2 aromatic rings. The Hall–Kier alpha value is -2.18. The minimum Gasteiger partial charge on any atom is -1.00 e. The summed E-state index contributed by atoms with van der Waals surface area (Å²) in [5.41, 5.74) is 6.77. The maximum absolute atomic E-state index is 13.2. The molecular weight excluding hydrogens is 529 g/mol. The monoisotopic (exact) mass is 563 g/mol. The number of anilines is 2. The number of amides is 2. The molecule has 0 spiro atoms. The van der Waals surface area contributed by atoms with Crippen molar-refractivity contribution in [3.8, 4) is 0 Å². The van der Waals surface area contributed by atoms with Crippen molar-refractivity contribution in [1.82, 2.24) is 5.16 Å². The molecule has 0 unspecified atom stereocenters. The number of esters is 1. The summed E-state index contributed by atoms with van der Waals surface area (Å²) in [5.74, 6) is -0.533. The van der Waals surface area contributed by atoms with E-state index in [0.29, 0.717) is 40.4 Å². The van der Waals surface area contributed by atoms with Gasteiger partial charge in [0.15, 0.2) is 18.9 Å². The summed E-state index contributed by atoms with van der Waals surface area (Å²) in [6, 6.07) is 1.58. The van der Waals surface area contributed by atoms with Crippen molar-refractivity contribution in [3.63, 3.8) is 0 Å². The van der Waals surface area contributed by atoms with Crippen LogP contribution in [-0.4, -0.2) is 66.8 Å². The highest BCUT2D eigenvalue weighted by Crippen LogP contribution is 2.29. The van der Waals surface area contributed by atoms with Crippen molar-refractivity contribution >= 4 is 53.0 Å². The predicted molar refractivity (Wildman–Crippen MR) is 137 cm³/mol. The minimum absolute atomic E-state index is 0. The number of likely N-dealkylation sites (tertiary alicyclic amines) is 1. The molecule has 0 radical (unpaired) electrons. The Kier molecular flexibility index (Phi) is 14.0. The standard InChI is InChI=1S/C23H33N5O5S.2ClH/c1-17-16-34-22(23(31)32-12-7-4-9-24)21(17)26-20(30)15-28(10-5-2-3-6-11-28)14-19(29)25-18-8-13-33-27-18;;/h8,13,16H,2-7,9-12,14-15,24H2,1H3,(H-,25,26,27,29,30,31);2*1H. The van der Waals surface area contributed by atoms with Crippen molar-refractivity contribution < 1.29 is 40.5 Å². The van der Waals surface area contributed by atoms with Crippen LogP contribution in [0.4, 0.5) is 11.5 Å². The van der Waals surface area contributed by atoms with Crippen molar-refractivity contribution in [2.24, 2.45) is 5.73 Å². The largest absolute Gasteiger partial charge is 1.00 e. The Labute approximate surface area is 227 Å². The molecule has 0 aromatic carbocycles. The second kappa shape index (κ2) is 15.8. The molecule has 2 aromatic heterocycles. The minimum atomic E-state index is -0.448. The van der Waals surface area contributed by atoms with Crippen LogP contribution in [0.25, 0.3) is 0 Å². The van der Waals surface area contributed by atoms with Crippen LogP contribution in [0.1, 0.15) is 53.8 Å². The third-order valence-corrected chi connectivity index (χ3v) is 7.01. The zero-order chi connectivity index (χ0) is 24.4. The van der Waals surface area contributed by atoms with Gasteiger partial charge < -0.3 is 42.5 Å². The Balaban J connectivity index is 0.00000324. The molecule has 3 heterocycles. The molecule has 1 fully saturated rings. The van der Waals surface area contributed by atoms with Crippen LogP contribution in [-0.2, 0) is 14.3 Å². The highest BCUT2D eigenvalue weighted by atomic mass is 35.5. The molecule has 0 aliphatic carbocycles. The van der Waals surface area contributed by atoms with Crippen molar-refractivity contribution in [1.29, 1.82) is 0 Å². The van der Waals surface area contributed by atoms with Gasteiger partial charge in [-0.05, 0) is 62.9 Å². The number of nitrogens with two attached hydrogens (primary N) is 1. The predicted octanol–water partition coefficient (Wildman–Crippen LogP) is 0.334. The number of aryl methyl sites for hydroxylation is 1. The van der Waals surface area contributed by atoms with E-state index in [1.165, 1.54) is 17.6 Å². The van der Waals surface area contributed by atoms with Crippen LogP contribution in [0, 0.1) is 6.92 Å². The average molecular weight is 565 g/mol. The summed E-state index contributed by atoms with van der Waals surface area (Å²) in [7, 11) is 0. The molecule has 1 saturated heterocycles. The zero-order valence-electron chi connectivity index (χ0n) is 20.4. The quantitative estimate of drug-likeness (QED) is 0.203. The topological polar surface area (TPSA) is 137 Å². The van der Waals surface area contributed by atoms with E-state index in [4.69, 9.17) is 15.0 Å². The van der Waals surface area contributed by atoms with Crippen LogP contribution in [0.3, 0.4) is 0 Å². The summed E-state index contributed by atoms with van der Waals surface area (Å²) in [6.07, 6.45) is 6.93. The number of rotatable bonds is 11. The SMILES string of the molecule is Cc1csc(C(=O)OCCCCN)c1NC(=O)C[N+]1(CC(=O)Nc2ccon2)CCCCCC1.Cl.[Cl-]. The highest BCUT2D eigenvalue weighted by Gasteiger charge is 2.35. The number of carbonyl (C=O) groups excluding carboxylic acids is 3. The molecule has 0 saturated carbocycles. The zero-order valence-corrected chi connectivity index (χ0v) is 22.8. The summed E-state index contributed by atoms with van der Waals surface area (Å²) >= 11 is 1.25. The lowest BCUT2D eigenvalue weighted by Crippen LogP contribution is -3.00. The molecular formula is C23H35Cl2N5O5S. The third kappa shape index (κ3) is 9.36. The van der Waals surface area contributed by atoms with Crippen molar-refractivity contribution in [2.45, 2.75) is 45.4 Å². The van der Waals surface area contributed by atoms with Gasteiger partial charge in [0.05, 0.1) is 25.4 Å². The molecule has 202 valence electrons. The molecule has 1 aliphatic rings. The number of nitrogens with zero attached hydrogens (tertiary/aromatic N) is 2. The van der Waals surface area contributed by atoms with Gasteiger partial charge in [-0.15, -0.1) is 23.7 Å². The van der Waals surface area contributed by atoms with Crippen LogP contribution in [0.5, 0.6) is 0 Å². The van der Waals surface area contributed by atoms with Gasteiger partial charge in [0.1, 0.15) is 11.1 Å². The van der Waals surface area contributed by atoms with Gasteiger partial charge in [-0.2, -0.15) is 0 Å². The van der Waals surface area contributed by atoms with Crippen molar-refractivity contribution in [3.05, 3.63) is 28.2 Å². The molecule has 3 rings (SSSR count). The molecule has 0 atom stereocenters. The Bertz CT molecular complexity index is 962. The number of unbranched alkanes of at least 4 members (excludes halogenated alkanes) is 1. The first-order valence-electron chi connectivity index (χ1n) is 11.7. The second-order valence-electron chi connectivity index (χ2n) is 8.75. The molecule has 2 amide bonds. The number of quaternary nitrogens is 1. The molecule has 10 nitrogen and oxygen atoms in total. The van der Waals surface area contributed by atoms with E-state index in [9.17, 15) is 14.4 Å². The van der Waals surface area contributed by atoms with Gasteiger partial charge in [-0.1, -0.05) is 5.16 Å². The number of ether oxygens (including phenoxy) is 1. The number of hydrogen-bond acceptors (Lipinski definition) is 8. The van der Waals surface area contributed by atoms with E-state index in [2.05, 4.69) is 15.8 Å². The smallest absolute Gasteiger partial charge is 0.350 e. The molecule has 4 N–H and O–H groups in total. The molecule has 1 aliphatic heterocycles. The summed E-state index contributed by atoms with van der Waals surface area (Å²) in [5, 5.41) is 11.2. The fourth-order valence-corrected chi connectivity index (χ4v) is 5.10. The lowest BCUT2D eigenvalue weighted by atomic mass is 10.2. The van der Waals surface area contributed by atoms with E-state index in [1.54, 1.807) is 6.07 Å². The Morgan fingerprint density at radius 2 is 1.78 bits per heavy atom. The molecule has 36 heavy (non-hydrogen) atoms. The number of nitrogens with one attached hydrogen (secondary N) is 2. The molecule has 13 heteroatoms. The van der Waals surface area contributed by atoms with Gasteiger partial charge in [0, 0.05) is 6.07 Å². The van der Waals surface area contributed by atoms with E-state index in [0.717, 1.165) is 50.8 Å². The van der Waals surface area contributed by atoms with E-state index < -0.39 is 5.97 Å². The fourth-order valence-electron chi connectivity index (χ4n) is 4.21. The van der Waals surface area contributed by atoms with Crippen LogP contribution in [0.15, 0.2) is 22.2 Å². The number of thiophene rings is 1. The van der Waals surface area contributed by atoms with Crippen LogP contribution in [0.2, 0.25) is 0 Å². The first-order valence-corrected chi connectivity index (χ1v) is 12.6. The number of carbonyl (C=O) groups is 3. The Morgan fingerprint density at radius 1 is 1.11 bits per heavy atom. The number of aromatic nitrogens is 1. The van der Waals surface area contributed by atoms with Crippen LogP contribution < -0.4 is 28.8 Å². The summed E-state index contributed by atoms with van der Waals surface area (Å²) in [4.78, 5) is 38.8. The van der Waals surface area contributed by atoms with Gasteiger partial charge in [-0.3, -0.25) is 9.59 Å². The second-order valence-corrected chi connectivity index (χ2v) is 9.63. The first-order chi connectivity index (χ1) is 16.4. The average Bonchev–Trinajstić information content (AvgIpc) is 3.37. The van der Waals surface area contributed by atoms with E-state index in [1.807, 2.05) is 12.3 Å². The Morgan fingerprint density at radius 3 is 2.39 bits per heavy atom. The van der Waals surface area contributed by atoms with Crippen LogP contribution >= 0.6 is 23.7 Å². The lowest BCUT2D eigenvalue weighted by Gasteiger charge is -2.36. The van der Waals surface area contributed by atoms with Gasteiger partial charge >= 0.3 is 5.97 Å². The normalized spacial score (nSPS) is 14.5. The highest BCUT2D eigenvalue weighted by molar-refractivity contribution is 7.12. The lowest BCUT2D eigenvalue weighted by molar-refractivity contribution is -0.912. The van der Waals surface area contributed by atoms with E-state index >= 15 is 0 Å². The third-order valence-electron chi connectivity index (χ3n) is 5.93. The maximum atomic E-state index is 13.2. The van der Waals surface area contributed by atoms with Gasteiger partial charge in [0.2, 0.25) is 0 Å². The fraction of sp³-hybridized carbons (Fsp3) is 0.565. The number of hydrogen-bond donors (Lipinski definition) is 3. The van der Waals surface area contributed by atoms with Crippen molar-refractivity contribution in [2.75, 3.05) is 50.0 Å². The first kappa shape index (κ1) is 31.8. The number of halogens is 2.